The molecule has 5 heterocycles. The fraction of sp³-hybridized carbons (Fsp3) is 0.702. The molecular formula is C57H91N19O20S2. The Balaban J connectivity index is 1.67. The van der Waals surface area contributed by atoms with Crippen molar-refractivity contribution in [3.63, 3.8) is 0 Å². The zero-order valence-electron chi connectivity index (χ0n) is 54.6. The van der Waals surface area contributed by atoms with Crippen LogP contribution >= 0.6 is 21.6 Å². The largest absolute Gasteiger partial charge is 0.394 e. The van der Waals surface area contributed by atoms with E-state index in [0.717, 1.165) is 34.4 Å². The van der Waals surface area contributed by atoms with Crippen LogP contribution < -0.4 is 81.4 Å². The number of carbonyl (C=O) groups excluding carboxylic acids is 16. The Kier molecular flexibility index (Phi) is 30.9. The minimum atomic E-state index is -2.04. The number of fused-ring (bicyclic) bond motifs is 8. The van der Waals surface area contributed by atoms with Crippen molar-refractivity contribution in [2.45, 2.75) is 189 Å². The average molecular weight is 1430 g/mol. The third-order valence-electron chi connectivity index (χ3n) is 16.9. The van der Waals surface area contributed by atoms with Crippen LogP contribution in [0.25, 0.3) is 0 Å². The predicted octanol–water partition coefficient (Wildman–Crippen LogP) is -11.1. The molecule has 5 rings (SSSR count). The summed E-state index contributed by atoms with van der Waals surface area (Å²) in [6, 6.07) is -22.2. The Morgan fingerprint density at radius 2 is 0.908 bits per heavy atom. The van der Waals surface area contributed by atoms with E-state index in [9.17, 15) is 97.1 Å². The SMILES string of the molecule is CC[C@H](C)[C@@H]1NC(=O)[C@@H]2CCCN2C(=O)[C@@H]2CCCN2C(=O)[C@H](CO)NC(=O)[C@H](CO)NC(=O)[C@H](CCCN=C(N)N)NC(=O)[C@H]([C@@H](C)O)NC(=O)[C@@H]2CSSC[C@H](NC1=O)C(=O)N[C@@H](CC(N)=O)C(=O)N1CCC[C@H]1C(=O)N[C@@H](CC(N)=O)C(=O)NCC(=O)N[C@@H]([C@@H](C)O)C(=O)N2. The molecule has 546 valence electrons. The molecule has 39 nitrogen and oxygen atoms in total. The number of aliphatic hydroxyl groups is 4. The number of hydrogen-bond donors (Lipinski definition) is 19. The highest BCUT2D eigenvalue weighted by Crippen LogP contribution is 2.28. The normalized spacial score (nSPS) is 29.7. The van der Waals surface area contributed by atoms with E-state index in [2.05, 4.69) is 63.5 Å². The van der Waals surface area contributed by atoms with Crippen LogP contribution in [0.5, 0.6) is 0 Å². The van der Waals surface area contributed by atoms with Gasteiger partial charge >= 0.3 is 0 Å². The first-order valence-corrected chi connectivity index (χ1v) is 34.5. The van der Waals surface area contributed by atoms with Crippen LogP contribution in [-0.2, 0) is 76.7 Å². The lowest BCUT2D eigenvalue weighted by Gasteiger charge is -2.34. The highest BCUT2D eigenvalue weighted by atomic mass is 33.1. The van der Waals surface area contributed by atoms with Crippen molar-refractivity contribution >= 4 is 122 Å². The molecule has 5 aliphatic rings. The molecule has 41 heteroatoms. The Labute approximate surface area is 570 Å². The Morgan fingerprint density at radius 3 is 1.44 bits per heavy atom. The second-order valence-electron chi connectivity index (χ2n) is 24.3. The number of hydrogen-bond acceptors (Lipinski definition) is 23. The molecule has 0 saturated carbocycles. The van der Waals surface area contributed by atoms with Gasteiger partial charge in [0.25, 0.3) is 0 Å². The molecule has 0 spiro atoms. The van der Waals surface area contributed by atoms with Crippen molar-refractivity contribution in [1.29, 1.82) is 0 Å². The van der Waals surface area contributed by atoms with Crippen LogP contribution in [0.2, 0.25) is 0 Å². The number of nitrogens with zero attached hydrogens (tertiary/aromatic N) is 4. The number of nitrogens with two attached hydrogens (primary N) is 4. The molecule has 0 unspecified atom stereocenters. The van der Waals surface area contributed by atoms with Crippen LogP contribution in [0, 0.1) is 5.92 Å². The zero-order chi connectivity index (χ0) is 72.8. The maximum absolute atomic E-state index is 14.9. The molecule has 16 amide bonds. The third-order valence-corrected chi connectivity index (χ3v) is 19.3. The molecule has 16 atom stereocenters. The van der Waals surface area contributed by atoms with Crippen molar-refractivity contribution in [2.75, 3.05) is 57.4 Å². The van der Waals surface area contributed by atoms with E-state index in [1.807, 2.05) is 0 Å². The quantitative estimate of drug-likeness (QED) is 0.0332. The van der Waals surface area contributed by atoms with E-state index >= 15 is 0 Å². The number of amides is 16. The number of primary amides is 2. The summed E-state index contributed by atoms with van der Waals surface area (Å²) in [6.45, 7) is 1.82. The fourth-order valence-corrected chi connectivity index (χ4v) is 13.8. The summed E-state index contributed by atoms with van der Waals surface area (Å²) in [6.07, 6.45) is -4.84. The predicted molar refractivity (Wildman–Crippen MR) is 346 cm³/mol. The first-order chi connectivity index (χ1) is 46.3. The van der Waals surface area contributed by atoms with E-state index in [0.29, 0.717) is 10.8 Å². The van der Waals surface area contributed by atoms with E-state index < -0.39 is 235 Å². The van der Waals surface area contributed by atoms with Crippen LogP contribution in [0.3, 0.4) is 0 Å². The monoisotopic (exact) mass is 1430 g/mol. The number of guanidine groups is 1. The number of rotatable bonds is 14. The van der Waals surface area contributed by atoms with Crippen LogP contribution in [0.15, 0.2) is 4.99 Å². The third kappa shape index (κ3) is 22.4. The van der Waals surface area contributed by atoms with Crippen molar-refractivity contribution in [3.8, 4) is 0 Å². The molecule has 0 aromatic heterocycles. The van der Waals surface area contributed by atoms with Gasteiger partial charge in [0.15, 0.2) is 5.96 Å². The van der Waals surface area contributed by atoms with Crippen LogP contribution in [-0.4, -0.2) is 284 Å². The molecule has 2 bridgehead atoms. The summed E-state index contributed by atoms with van der Waals surface area (Å²) in [5.41, 5.74) is 22.0. The molecule has 5 fully saturated rings. The number of aliphatic hydroxyl groups excluding tert-OH is 4. The van der Waals surface area contributed by atoms with Crippen molar-refractivity contribution in [2.24, 2.45) is 33.8 Å². The second kappa shape index (κ2) is 37.9. The smallest absolute Gasteiger partial charge is 0.248 e. The lowest BCUT2D eigenvalue weighted by Crippen LogP contribution is -2.63. The van der Waals surface area contributed by atoms with Gasteiger partial charge in [-0.1, -0.05) is 41.9 Å². The maximum atomic E-state index is 14.9. The Hall–Kier alpha value is -8.67. The van der Waals surface area contributed by atoms with E-state index in [1.165, 1.54) is 4.90 Å². The standard InChI is InChI=1S/C57H91N19O20S2/c1-5-25(2)41-51(91)69-33-23-97-98-24-34(70-52(92)42(26(3)79)71-40(83)20-63-44(84)29(18-38(58)81)65-49(89)35-11-7-15-74(35)54(94)30(19-39(59)82)66-47(33)87)48(88)73-43(27(4)80)53(93)64-28(10-6-14-62-57(60)61)45(85)67-31(21-77)46(86)68-32(22-78)55(95)76-17-9-13-37(76)56(96)75-16-8-12-36(75)50(90)72-41/h25-37,41-43,77-80H,5-24H2,1-4H3,(H2,58,81)(H2,59,82)(H,63,84)(H,64,93)(H,65,89)(H,66,87)(H,67,85)(H,68,86)(H,69,91)(H,70,92)(H,71,83)(H,72,90)(H,73,88)(H4,60,61,62)/t25-,26+,27+,28-,29-,30-,31-,32-,33-,34-,35-,36-,37-,41-,42-,43-/m0/s1. The molecule has 0 aromatic carbocycles. The highest BCUT2D eigenvalue weighted by Gasteiger charge is 2.47. The summed E-state index contributed by atoms with van der Waals surface area (Å²) in [5.74, 6) is -19.8. The molecule has 0 aromatic rings. The Morgan fingerprint density at radius 1 is 0.490 bits per heavy atom. The van der Waals surface area contributed by atoms with Gasteiger partial charge in [0, 0.05) is 37.7 Å². The summed E-state index contributed by atoms with van der Waals surface area (Å²) >= 11 is 0. The van der Waals surface area contributed by atoms with Gasteiger partial charge in [0.1, 0.15) is 78.5 Å². The molecule has 5 aliphatic heterocycles. The summed E-state index contributed by atoms with van der Waals surface area (Å²) in [5, 5.41) is 69.0. The number of carbonyl (C=O) groups is 16. The van der Waals surface area contributed by atoms with Gasteiger partial charge in [0.05, 0.1) is 44.8 Å². The van der Waals surface area contributed by atoms with E-state index in [-0.39, 0.29) is 89.9 Å². The van der Waals surface area contributed by atoms with Gasteiger partial charge < -0.3 is 117 Å². The lowest BCUT2D eigenvalue weighted by molar-refractivity contribution is -0.148. The molecule has 23 N–H and O–H groups in total. The van der Waals surface area contributed by atoms with Gasteiger partial charge in [-0.2, -0.15) is 0 Å². The highest BCUT2D eigenvalue weighted by molar-refractivity contribution is 8.76. The average Bonchev–Trinajstić information content (AvgIpc) is 1.63. The van der Waals surface area contributed by atoms with Crippen molar-refractivity contribution in [1.82, 2.24) is 73.2 Å². The topological polar surface area (TPSA) is 613 Å². The molecular weight excluding hydrogens is 1330 g/mol. The lowest BCUT2D eigenvalue weighted by atomic mass is 9.97. The number of nitrogens with one attached hydrogen (secondary N) is 11. The second-order valence-corrected chi connectivity index (χ2v) is 26.9. The van der Waals surface area contributed by atoms with Crippen LogP contribution in [0.1, 0.15) is 98.3 Å². The molecule has 5 saturated heterocycles. The molecule has 0 aliphatic carbocycles. The number of aliphatic imine (C=N–C) groups is 1. The molecule has 98 heavy (non-hydrogen) atoms. The Bertz CT molecular complexity index is 3020. The summed E-state index contributed by atoms with van der Waals surface area (Å²) in [7, 11) is 1.45. The fourth-order valence-electron chi connectivity index (χ4n) is 11.4. The first kappa shape index (κ1) is 80.0. The van der Waals surface area contributed by atoms with E-state index in [1.54, 1.807) is 13.8 Å². The maximum Gasteiger partial charge on any atom is 0.248 e. The van der Waals surface area contributed by atoms with Crippen LogP contribution in [0.4, 0.5) is 0 Å². The van der Waals surface area contributed by atoms with Gasteiger partial charge in [0.2, 0.25) is 94.5 Å². The summed E-state index contributed by atoms with van der Waals surface area (Å²) in [4.78, 5) is 232. The van der Waals surface area contributed by atoms with Crippen molar-refractivity contribution in [3.05, 3.63) is 0 Å². The van der Waals surface area contributed by atoms with Crippen molar-refractivity contribution < 1.29 is 97.1 Å². The van der Waals surface area contributed by atoms with E-state index in [4.69, 9.17) is 22.9 Å². The van der Waals surface area contributed by atoms with Gasteiger partial charge in [-0.3, -0.25) is 81.7 Å². The zero-order valence-corrected chi connectivity index (χ0v) is 56.2. The van der Waals surface area contributed by atoms with Gasteiger partial charge in [-0.15, -0.1) is 0 Å². The first-order valence-electron chi connectivity index (χ1n) is 32.0. The minimum absolute atomic E-state index is 0.00510. The van der Waals surface area contributed by atoms with Gasteiger partial charge in [-0.05, 0) is 71.1 Å². The summed E-state index contributed by atoms with van der Waals surface area (Å²) < 4.78 is 0. The van der Waals surface area contributed by atoms with Gasteiger partial charge in [-0.25, -0.2) is 0 Å². The minimum Gasteiger partial charge on any atom is -0.394 e. The molecule has 0 radical (unpaired) electrons.